The predicted octanol–water partition coefficient (Wildman–Crippen LogP) is 5.63. The Labute approximate surface area is 190 Å². The highest BCUT2D eigenvalue weighted by Crippen LogP contribution is 2.45. The molecule has 0 unspecified atom stereocenters. The van der Waals surface area contributed by atoms with Crippen LogP contribution in [0.1, 0.15) is 79.7 Å². The van der Waals surface area contributed by atoms with E-state index >= 15 is 0 Å². The van der Waals surface area contributed by atoms with Crippen molar-refractivity contribution in [2.24, 2.45) is 17.8 Å². The van der Waals surface area contributed by atoms with E-state index in [1.54, 1.807) is 11.3 Å². The van der Waals surface area contributed by atoms with Crippen molar-refractivity contribution in [3.05, 3.63) is 57.8 Å². The fourth-order valence-electron chi connectivity index (χ4n) is 5.30. The summed E-state index contributed by atoms with van der Waals surface area (Å²) in [6.45, 7) is 9.43. The van der Waals surface area contributed by atoms with Gasteiger partial charge in [-0.2, -0.15) is 0 Å². The van der Waals surface area contributed by atoms with Crippen molar-refractivity contribution >= 4 is 23.2 Å². The van der Waals surface area contributed by atoms with Gasteiger partial charge in [-0.15, -0.1) is 11.3 Å². The molecular formula is C26H34N2O2S. The summed E-state index contributed by atoms with van der Waals surface area (Å²) >= 11 is 1.63. The van der Waals surface area contributed by atoms with Gasteiger partial charge in [0.1, 0.15) is 0 Å². The molecular weight excluding hydrogens is 404 g/mol. The Hall–Kier alpha value is -2.14. The van der Waals surface area contributed by atoms with Crippen molar-refractivity contribution in [3.63, 3.8) is 0 Å². The maximum Gasteiger partial charge on any atom is 0.254 e. The Morgan fingerprint density at radius 2 is 1.94 bits per heavy atom. The first-order valence-electron chi connectivity index (χ1n) is 11.6. The van der Waals surface area contributed by atoms with Crippen LogP contribution in [0, 0.1) is 17.8 Å². The minimum Gasteiger partial charge on any atom is -0.352 e. The van der Waals surface area contributed by atoms with Gasteiger partial charge in [-0.05, 0) is 47.3 Å². The van der Waals surface area contributed by atoms with Crippen molar-refractivity contribution < 1.29 is 9.59 Å². The minimum absolute atomic E-state index is 0.0337. The van der Waals surface area contributed by atoms with Crippen LogP contribution in [0.15, 0.2) is 41.8 Å². The third kappa shape index (κ3) is 4.30. The van der Waals surface area contributed by atoms with Crippen LogP contribution >= 0.6 is 11.3 Å². The lowest BCUT2D eigenvalue weighted by atomic mass is 9.77. The Balaban J connectivity index is 1.75. The molecule has 5 atom stereocenters. The van der Waals surface area contributed by atoms with E-state index in [4.69, 9.17) is 0 Å². The molecule has 1 aromatic heterocycles. The summed E-state index contributed by atoms with van der Waals surface area (Å²) in [5.74, 6) is 1.09. The zero-order chi connectivity index (χ0) is 22.1. The monoisotopic (exact) mass is 438 g/mol. The molecule has 2 heterocycles. The summed E-state index contributed by atoms with van der Waals surface area (Å²) < 4.78 is 0. The fourth-order valence-corrected chi connectivity index (χ4v) is 6.18. The maximum absolute atomic E-state index is 13.9. The van der Waals surface area contributed by atoms with Gasteiger partial charge in [0.25, 0.3) is 5.91 Å². The summed E-state index contributed by atoms with van der Waals surface area (Å²) in [6, 6.07) is 11.7. The SMILES string of the molecule is CC(C)CN1C(=O)c2ccccc2[C@H](C(=O)N[C@@H]2CCC[C@H](C)[C@@H]2C)[C@@H]1c1cccs1. The quantitative estimate of drug-likeness (QED) is 0.658. The second kappa shape index (κ2) is 9.15. The highest BCUT2D eigenvalue weighted by Gasteiger charge is 2.45. The molecule has 0 spiro atoms. The molecule has 4 rings (SSSR count). The molecule has 1 fully saturated rings. The summed E-state index contributed by atoms with van der Waals surface area (Å²) in [7, 11) is 0. The molecule has 0 radical (unpaired) electrons. The highest BCUT2D eigenvalue weighted by atomic mass is 32.1. The van der Waals surface area contributed by atoms with Crippen LogP contribution in [0.3, 0.4) is 0 Å². The van der Waals surface area contributed by atoms with Crippen LogP contribution in [-0.4, -0.2) is 29.3 Å². The number of carbonyl (C=O) groups is 2. The zero-order valence-electron chi connectivity index (χ0n) is 19.0. The number of fused-ring (bicyclic) bond motifs is 1. The number of benzene rings is 1. The number of nitrogens with zero attached hydrogens (tertiary/aromatic N) is 1. The smallest absolute Gasteiger partial charge is 0.254 e. The molecule has 1 aliphatic carbocycles. The lowest BCUT2D eigenvalue weighted by Crippen LogP contribution is -2.51. The molecule has 1 aliphatic heterocycles. The fraction of sp³-hybridized carbons (Fsp3) is 0.538. The van der Waals surface area contributed by atoms with E-state index in [9.17, 15) is 9.59 Å². The summed E-state index contributed by atoms with van der Waals surface area (Å²) in [4.78, 5) is 30.4. The van der Waals surface area contributed by atoms with E-state index in [2.05, 4.69) is 39.1 Å². The summed E-state index contributed by atoms with van der Waals surface area (Å²) in [6.07, 6.45) is 3.42. The van der Waals surface area contributed by atoms with Crippen LogP contribution in [0.4, 0.5) is 0 Å². The molecule has 5 heteroatoms. The van der Waals surface area contributed by atoms with E-state index in [-0.39, 0.29) is 23.9 Å². The predicted molar refractivity (Wildman–Crippen MR) is 126 cm³/mol. The first-order chi connectivity index (χ1) is 14.9. The zero-order valence-corrected chi connectivity index (χ0v) is 19.8. The molecule has 1 saturated carbocycles. The number of nitrogens with one attached hydrogen (secondary N) is 1. The molecule has 4 nitrogen and oxygen atoms in total. The van der Waals surface area contributed by atoms with E-state index in [0.717, 1.165) is 23.3 Å². The molecule has 166 valence electrons. The molecule has 31 heavy (non-hydrogen) atoms. The van der Waals surface area contributed by atoms with Crippen molar-refractivity contribution in [1.82, 2.24) is 10.2 Å². The third-order valence-electron chi connectivity index (χ3n) is 7.15. The van der Waals surface area contributed by atoms with Gasteiger partial charge >= 0.3 is 0 Å². The highest BCUT2D eigenvalue weighted by molar-refractivity contribution is 7.10. The van der Waals surface area contributed by atoms with Gasteiger partial charge < -0.3 is 10.2 Å². The van der Waals surface area contributed by atoms with Crippen LogP contribution < -0.4 is 5.32 Å². The number of rotatable bonds is 5. The van der Waals surface area contributed by atoms with Crippen molar-refractivity contribution in [2.45, 2.75) is 65.0 Å². The topological polar surface area (TPSA) is 49.4 Å². The number of hydrogen-bond donors (Lipinski definition) is 1. The maximum atomic E-state index is 13.9. The van der Waals surface area contributed by atoms with Gasteiger partial charge in [0, 0.05) is 23.0 Å². The molecule has 0 bridgehead atoms. The van der Waals surface area contributed by atoms with Gasteiger partial charge in [-0.3, -0.25) is 9.59 Å². The second-order valence-electron chi connectivity index (χ2n) is 9.76. The first kappa shape index (κ1) is 22.1. The van der Waals surface area contributed by atoms with E-state index in [1.807, 2.05) is 40.6 Å². The van der Waals surface area contributed by atoms with Gasteiger partial charge in [0.15, 0.2) is 0 Å². The van der Waals surface area contributed by atoms with Crippen LogP contribution in [0.2, 0.25) is 0 Å². The lowest BCUT2D eigenvalue weighted by Gasteiger charge is -2.43. The van der Waals surface area contributed by atoms with Gasteiger partial charge in [-0.25, -0.2) is 0 Å². The summed E-state index contributed by atoms with van der Waals surface area (Å²) in [5.41, 5.74) is 1.53. The Morgan fingerprint density at radius 3 is 2.65 bits per heavy atom. The van der Waals surface area contributed by atoms with Gasteiger partial charge in [0.05, 0.1) is 12.0 Å². The molecule has 2 aromatic rings. The molecule has 1 N–H and O–H groups in total. The van der Waals surface area contributed by atoms with Crippen molar-refractivity contribution in [1.29, 1.82) is 0 Å². The van der Waals surface area contributed by atoms with E-state index in [1.165, 1.54) is 6.42 Å². The minimum atomic E-state index is -0.393. The number of amides is 2. The standard InChI is InChI=1S/C26H34N2O2S/c1-16(2)15-28-24(22-13-8-14-31-22)23(19-10-5-6-11-20(19)26(28)30)25(29)27-21-12-7-9-17(3)18(21)4/h5-6,8,10-11,13-14,16-18,21,23-24H,7,9,12,15H2,1-4H3,(H,27,29)/t17-,18-,21+,23-,24-/m0/s1. The van der Waals surface area contributed by atoms with Crippen LogP contribution in [0.25, 0.3) is 0 Å². The Morgan fingerprint density at radius 1 is 1.16 bits per heavy atom. The Kier molecular flexibility index (Phi) is 6.52. The average Bonchev–Trinajstić information content (AvgIpc) is 3.27. The van der Waals surface area contributed by atoms with Crippen molar-refractivity contribution in [2.75, 3.05) is 6.54 Å². The van der Waals surface area contributed by atoms with Gasteiger partial charge in [0.2, 0.25) is 5.91 Å². The normalized spacial score (nSPS) is 28.5. The third-order valence-corrected chi connectivity index (χ3v) is 8.10. The lowest BCUT2D eigenvalue weighted by molar-refractivity contribution is -0.125. The molecule has 2 amide bonds. The average molecular weight is 439 g/mol. The summed E-state index contributed by atoms with van der Waals surface area (Å²) in [5, 5.41) is 5.45. The second-order valence-corrected chi connectivity index (χ2v) is 10.7. The first-order valence-corrected chi connectivity index (χ1v) is 12.5. The molecule has 2 aliphatic rings. The Bertz CT molecular complexity index is 923. The van der Waals surface area contributed by atoms with Crippen LogP contribution in [-0.2, 0) is 4.79 Å². The number of carbonyl (C=O) groups excluding carboxylic acids is 2. The largest absolute Gasteiger partial charge is 0.352 e. The van der Waals surface area contributed by atoms with Crippen LogP contribution in [0.5, 0.6) is 0 Å². The van der Waals surface area contributed by atoms with E-state index < -0.39 is 5.92 Å². The number of hydrogen-bond acceptors (Lipinski definition) is 3. The number of thiophene rings is 1. The van der Waals surface area contributed by atoms with Gasteiger partial charge in [-0.1, -0.05) is 64.8 Å². The molecule has 0 saturated heterocycles. The molecule has 1 aromatic carbocycles. The van der Waals surface area contributed by atoms with Crippen molar-refractivity contribution in [3.8, 4) is 0 Å². The van der Waals surface area contributed by atoms with E-state index in [0.29, 0.717) is 29.9 Å².